The fourth-order valence-corrected chi connectivity index (χ4v) is 2.43. The third kappa shape index (κ3) is 3.50. The number of aliphatic hydroxyl groups excluding tert-OH is 1. The van der Waals surface area contributed by atoms with Crippen molar-refractivity contribution in [3.63, 3.8) is 0 Å². The zero-order valence-electron chi connectivity index (χ0n) is 10.7. The molecule has 0 saturated heterocycles. The van der Waals surface area contributed by atoms with Gasteiger partial charge in [0.1, 0.15) is 6.10 Å². The molecule has 0 aliphatic heterocycles. The topological polar surface area (TPSA) is 38.0 Å². The van der Waals surface area contributed by atoms with Crippen LogP contribution >= 0.6 is 23.2 Å². The van der Waals surface area contributed by atoms with Crippen LogP contribution in [0.5, 0.6) is 0 Å². The van der Waals surface area contributed by atoms with E-state index in [9.17, 15) is 5.11 Å². The van der Waals surface area contributed by atoms with Gasteiger partial charge < -0.3 is 5.11 Å². The zero-order chi connectivity index (χ0) is 13.8. The van der Waals surface area contributed by atoms with E-state index in [1.54, 1.807) is 10.9 Å². The minimum Gasteiger partial charge on any atom is -0.386 e. The zero-order valence-corrected chi connectivity index (χ0v) is 12.2. The Bertz CT molecular complexity index is 537. The van der Waals surface area contributed by atoms with Gasteiger partial charge in [-0.2, -0.15) is 5.10 Å². The minimum absolute atomic E-state index is 0.492. The summed E-state index contributed by atoms with van der Waals surface area (Å²) in [7, 11) is 0. The molecule has 2 aromatic rings. The molecule has 0 aliphatic rings. The van der Waals surface area contributed by atoms with Crippen molar-refractivity contribution in [2.75, 3.05) is 0 Å². The SMILES string of the molecule is CCCn1ncc(Cl)c1C(O)Cc1ccc(Cl)cc1. The Labute approximate surface area is 122 Å². The highest BCUT2D eigenvalue weighted by atomic mass is 35.5. The van der Waals surface area contributed by atoms with E-state index in [1.807, 2.05) is 24.3 Å². The van der Waals surface area contributed by atoms with Gasteiger partial charge in [-0.15, -0.1) is 0 Å². The second-order valence-corrected chi connectivity index (χ2v) is 5.29. The van der Waals surface area contributed by atoms with E-state index < -0.39 is 6.10 Å². The largest absolute Gasteiger partial charge is 0.386 e. The van der Waals surface area contributed by atoms with Gasteiger partial charge >= 0.3 is 0 Å². The number of hydrogen-bond donors (Lipinski definition) is 1. The smallest absolute Gasteiger partial charge is 0.101 e. The molecule has 2 rings (SSSR count). The Morgan fingerprint density at radius 1 is 1.26 bits per heavy atom. The van der Waals surface area contributed by atoms with E-state index in [0.717, 1.165) is 18.5 Å². The van der Waals surface area contributed by atoms with Gasteiger partial charge in [0, 0.05) is 18.0 Å². The predicted octanol–water partition coefficient (Wildman–Crippen LogP) is 3.88. The Kier molecular flexibility index (Phi) is 4.86. The molecule has 1 aromatic heterocycles. The van der Waals surface area contributed by atoms with Gasteiger partial charge in [-0.3, -0.25) is 4.68 Å². The number of benzene rings is 1. The molecule has 1 aromatic carbocycles. The maximum atomic E-state index is 10.3. The summed E-state index contributed by atoms with van der Waals surface area (Å²) in [6.07, 6.45) is 2.35. The Morgan fingerprint density at radius 2 is 1.95 bits per heavy atom. The fourth-order valence-electron chi connectivity index (χ4n) is 2.03. The molecule has 0 saturated carbocycles. The average molecular weight is 299 g/mol. The lowest BCUT2D eigenvalue weighted by atomic mass is 10.1. The molecule has 1 atom stereocenters. The van der Waals surface area contributed by atoms with Crippen molar-refractivity contribution in [1.82, 2.24) is 9.78 Å². The highest BCUT2D eigenvalue weighted by Crippen LogP contribution is 2.26. The molecular formula is C14H16Cl2N2O. The molecule has 1 unspecified atom stereocenters. The minimum atomic E-state index is -0.664. The molecule has 0 fully saturated rings. The molecule has 5 heteroatoms. The van der Waals surface area contributed by atoms with E-state index in [0.29, 0.717) is 22.2 Å². The van der Waals surface area contributed by atoms with Crippen molar-refractivity contribution < 1.29 is 5.11 Å². The Hall–Kier alpha value is -1.03. The normalized spacial score (nSPS) is 12.6. The average Bonchev–Trinajstić information content (AvgIpc) is 2.74. The number of rotatable bonds is 5. The second-order valence-electron chi connectivity index (χ2n) is 4.45. The summed E-state index contributed by atoms with van der Waals surface area (Å²) in [6, 6.07) is 7.43. The quantitative estimate of drug-likeness (QED) is 0.910. The number of aryl methyl sites for hydroxylation is 1. The van der Waals surface area contributed by atoms with Crippen LogP contribution in [0.2, 0.25) is 10.0 Å². The van der Waals surface area contributed by atoms with E-state index in [4.69, 9.17) is 23.2 Å². The summed E-state index contributed by atoms with van der Waals surface area (Å²) >= 11 is 11.9. The van der Waals surface area contributed by atoms with Crippen LogP contribution in [0.3, 0.4) is 0 Å². The number of halogens is 2. The van der Waals surface area contributed by atoms with E-state index in [-0.39, 0.29) is 0 Å². The van der Waals surface area contributed by atoms with Crippen LogP contribution in [0.4, 0.5) is 0 Å². The molecule has 0 spiro atoms. The predicted molar refractivity (Wildman–Crippen MR) is 77.6 cm³/mol. The van der Waals surface area contributed by atoms with E-state index in [1.165, 1.54) is 0 Å². The molecule has 102 valence electrons. The maximum absolute atomic E-state index is 10.3. The van der Waals surface area contributed by atoms with Crippen molar-refractivity contribution in [3.05, 3.63) is 51.8 Å². The number of aromatic nitrogens is 2. The van der Waals surface area contributed by atoms with E-state index >= 15 is 0 Å². The van der Waals surface area contributed by atoms with Gasteiger partial charge in [-0.25, -0.2) is 0 Å². The van der Waals surface area contributed by atoms with Crippen LogP contribution in [0.1, 0.15) is 30.7 Å². The van der Waals surface area contributed by atoms with Gasteiger partial charge in [0.2, 0.25) is 0 Å². The van der Waals surface area contributed by atoms with Crippen LogP contribution in [0.25, 0.3) is 0 Å². The third-order valence-corrected chi connectivity index (χ3v) is 3.47. The Balaban J connectivity index is 2.17. The van der Waals surface area contributed by atoms with Crippen molar-refractivity contribution >= 4 is 23.2 Å². The first-order valence-corrected chi connectivity index (χ1v) is 7.01. The monoisotopic (exact) mass is 298 g/mol. The lowest BCUT2D eigenvalue weighted by Crippen LogP contribution is -2.11. The fraction of sp³-hybridized carbons (Fsp3) is 0.357. The van der Waals surface area contributed by atoms with Crippen molar-refractivity contribution in [1.29, 1.82) is 0 Å². The highest BCUT2D eigenvalue weighted by molar-refractivity contribution is 6.31. The number of nitrogens with zero attached hydrogens (tertiary/aromatic N) is 2. The van der Waals surface area contributed by atoms with Gasteiger partial charge in [0.15, 0.2) is 0 Å². The lowest BCUT2D eigenvalue weighted by molar-refractivity contribution is 0.166. The van der Waals surface area contributed by atoms with Crippen molar-refractivity contribution in [2.24, 2.45) is 0 Å². The molecule has 0 aliphatic carbocycles. The third-order valence-electron chi connectivity index (χ3n) is 2.93. The first kappa shape index (κ1) is 14.4. The molecular weight excluding hydrogens is 283 g/mol. The van der Waals surface area contributed by atoms with Crippen LogP contribution in [-0.2, 0) is 13.0 Å². The highest BCUT2D eigenvalue weighted by Gasteiger charge is 2.18. The summed E-state index contributed by atoms with van der Waals surface area (Å²) in [5, 5.41) is 15.7. The maximum Gasteiger partial charge on any atom is 0.101 e. The first-order valence-electron chi connectivity index (χ1n) is 6.25. The first-order chi connectivity index (χ1) is 9.11. The van der Waals surface area contributed by atoms with Crippen LogP contribution in [0.15, 0.2) is 30.5 Å². The summed E-state index contributed by atoms with van der Waals surface area (Å²) in [5.41, 5.74) is 1.69. The molecule has 0 radical (unpaired) electrons. The number of hydrogen-bond acceptors (Lipinski definition) is 2. The van der Waals surface area contributed by atoms with Crippen molar-refractivity contribution in [2.45, 2.75) is 32.4 Å². The lowest BCUT2D eigenvalue weighted by Gasteiger charge is -2.14. The van der Waals surface area contributed by atoms with Crippen LogP contribution in [0, 0.1) is 0 Å². The standard InChI is InChI=1S/C14H16Cl2N2O/c1-2-7-18-14(12(16)9-17-18)13(19)8-10-3-5-11(15)6-4-10/h3-6,9,13,19H,2,7-8H2,1H3. The summed E-state index contributed by atoms with van der Waals surface area (Å²) in [4.78, 5) is 0. The molecule has 1 heterocycles. The van der Waals surface area contributed by atoms with E-state index in [2.05, 4.69) is 12.0 Å². The van der Waals surface area contributed by atoms with Gasteiger partial charge in [0.05, 0.1) is 16.9 Å². The molecule has 19 heavy (non-hydrogen) atoms. The van der Waals surface area contributed by atoms with Gasteiger partial charge in [-0.1, -0.05) is 42.3 Å². The van der Waals surface area contributed by atoms with Gasteiger partial charge in [0.25, 0.3) is 0 Å². The van der Waals surface area contributed by atoms with Crippen molar-refractivity contribution in [3.8, 4) is 0 Å². The Morgan fingerprint density at radius 3 is 2.58 bits per heavy atom. The summed E-state index contributed by atoms with van der Waals surface area (Å²) in [5.74, 6) is 0. The van der Waals surface area contributed by atoms with Crippen LogP contribution < -0.4 is 0 Å². The molecule has 3 nitrogen and oxygen atoms in total. The van der Waals surface area contributed by atoms with Crippen LogP contribution in [-0.4, -0.2) is 14.9 Å². The summed E-state index contributed by atoms with van der Waals surface area (Å²) < 4.78 is 1.77. The molecule has 1 N–H and O–H groups in total. The van der Waals surface area contributed by atoms with Gasteiger partial charge in [-0.05, 0) is 24.1 Å². The molecule has 0 amide bonds. The molecule has 0 bridgehead atoms. The second kappa shape index (κ2) is 6.42. The number of aliphatic hydroxyl groups is 1. The summed E-state index contributed by atoms with van der Waals surface area (Å²) in [6.45, 7) is 2.81.